The van der Waals surface area contributed by atoms with Crippen molar-refractivity contribution in [2.75, 3.05) is 11.4 Å². The largest absolute Gasteiger partial charge is 0.467 e. The van der Waals surface area contributed by atoms with Gasteiger partial charge in [0.05, 0.1) is 33.5 Å². The van der Waals surface area contributed by atoms with Crippen LogP contribution in [0.15, 0.2) is 70.2 Å². The van der Waals surface area contributed by atoms with Gasteiger partial charge in [-0.3, -0.25) is 9.69 Å². The zero-order valence-corrected chi connectivity index (χ0v) is 21.9. The highest BCUT2D eigenvalue weighted by Gasteiger charge is 2.35. The number of carbonyl (C=O) groups is 1. The molecular formula is C26H24F3N3O4S2. The number of sulfonamides is 1. The molecule has 0 bridgehead atoms. The topological polar surface area (TPSA) is 83.7 Å². The molecule has 1 aliphatic rings. The van der Waals surface area contributed by atoms with Crippen molar-refractivity contribution in [3.8, 4) is 0 Å². The molecule has 2 aromatic heterocycles. The molecule has 1 amide bonds. The van der Waals surface area contributed by atoms with Gasteiger partial charge >= 0.3 is 6.18 Å². The summed E-state index contributed by atoms with van der Waals surface area (Å²) >= 11 is 0.957. The second kappa shape index (κ2) is 10.2. The van der Waals surface area contributed by atoms with Crippen LogP contribution >= 0.6 is 11.3 Å². The number of aromatic nitrogens is 1. The number of anilines is 1. The highest BCUT2D eigenvalue weighted by Crippen LogP contribution is 2.39. The summed E-state index contributed by atoms with van der Waals surface area (Å²) < 4.78 is 74.2. The van der Waals surface area contributed by atoms with Crippen LogP contribution in [0.5, 0.6) is 0 Å². The average Bonchev–Trinajstić information content (AvgIpc) is 3.56. The maximum atomic E-state index is 13.6. The van der Waals surface area contributed by atoms with Gasteiger partial charge in [-0.15, -0.1) is 0 Å². The van der Waals surface area contributed by atoms with Gasteiger partial charge in [0.15, 0.2) is 5.13 Å². The first kappa shape index (κ1) is 26.4. The summed E-state index contributed by atoms with van der Waals surface area (Å²) in [6.07, 6.45) is -0.620. The van der Waals surface area contributed by atoms with Crippen LogP contribution in [0.4, 0.5) is 18.3 Å². The first-order valence-electron chi connectivity index (χ1n) is 12.0. The number of amides is 1. The quantitative estimate of drug-likeness (QED) is 0.274. The summed E-state index contributed by atoms with van der Waals surface area (Å²) in [4.78, 5) is 19.1. The number of hydrogen-bond donors (Lipinski definition) is 0. The molecule has 200 valence electrons. The average molecular weight is 564 g/mol. The molecule has 1 fully saturated rings. The molecule has 0 spiro atoms. The molecule has 0 N–H and O–H groups in total. The van der Waals surface area contributed by atoms with Crippen LogP contribution in [0.25, 0.3) is 10.2 Å². The molecule has 1 atom stereocenters. The lowest BCUT2D eigenvalue weighted by Gasteiger charge is -2.32. The van der Waals surface area contributed by atoms with E-state index in [0.29, 0.717) is 12.3 Å². The van der Waals surface area contributed by atoms with E-state index in [4.69, 9.17) is 4.42 Å². The van der Waals surface area contributed by atoms with E-state index in [2.05, 4.69) is 4.98 Å². The molecule has 12 heteroatoms. The highest BCUT2D eigenvalue weighted by atomic mass is 32.2. The Balaban J connectivity index is 1.49. The molecule has 5 rings (SSSR count). The van der Waals surface area contributed by atoms with E-state index >= 15 is 0 Å². The van der Waals surface area contributed by atoms with Crippen LogP contribution in [0.1, 0.15) is 47.9 Å². The number of benzene rings is 2. The van der Waals surface area contributed by atoms with E-state index in [9.17, 15) is 26.4 Å². The number of fused-ring (bicyclic) bond motifs is 1. The highest BCUT2D eigenvalue weighted by molar-refractivity contribution is 7.89. The van der Waals surface area contributed by atoms with E-state index in [-0.39, 0.29) is 38.4 Å². The number of piperidine rings is 1. The fourth-order valence-corrected chi connectivity index (χ4v) is 7.24. The smallest absolute Gasteiger partial charge is 0.418 e. The summed E-state index contributed by atoms with van der Waals surface area (Å²) in [6, 6.07) is 12.5. The molecule has 7 nitrogen and oxygen atoms in total. The number of nitrogens with zero attached hydrogens (tertiary/aromatic N) is 3. The summed E-state index contributed by atoms with van der Waals surface area (Å²) in [5.41, 5.74) is -0.962. The van der Waals surface area contributed by atoms with Crippen LogP contribution in [0, 0.1) is 0 Å². The van der Waals surface area contributed by atoms with Crippen molar-refractivity contribution in [2.24, 2.45) is 0 Å². The Kier molecular flexibility index (Phi) is 7.05. The molecule has 0 aliphatic carbocycles. The Labute approximate surface area is 221 Å². The maximum Gasteiger partial charge on any atom is 0.418 e. The predicted octanol–water partition coefficient (Wildman–Crippen LogP) is 6.32. The molecule has 1 saturated heterocycles. The molecule has 1 unspecified atom stereocenters. The van der Waals surface area contributed by atoms with Gasteiger partial charge in [-0.25, -0.2) is 13.4 Å². The van der Waals surface area contributed by atoms with Gasteiger partial charge in [-0.1, -0.05) is 23.8 Å². The third-order valence-electron chi connectivity index (χ3n) is 6.53. The van der Waals surface area contributed by atoms with Crippen molar-refractivity contribution in [1.82, 2.24) is 9.29 Å². The Morgan fingerprint density at radius 1 is 1.13 bits per heavy atom. The third-order valence-corrected chi connectivity index (χ3v) is 9.60. The van der Waals surface area contributed by atoms with Gasteiger partial charge in [-0.2, -0.15) is 17.5 Å². The molecule has 2 aromatic carbocycles. The molecule has 0 radical (unpaired) electrons. The van der Waals surface area contributed by atoms with Crippen LogP contribution in [0.2, 0.25) is 0 Å². The zero-order valence-electron chi connectivity index (χ0n) is 20.3. The third kappa shape index (κ3) is 5.07. The maximum absolute atomic E-state index is 13.6. The summed E-state index contributed by atoms with van der Waals surface area (Å²) in [5.74, 6) is -0.142. The fourth-order valence-electron chi connectivity index (χ4n) is 4.56. The van der Waals surface area contributed by atoms with Gasteiger partial charge in [0.1, 0.15) is 5.76 Å². The van der Waals surface area contributed by atoms with Crippen LogP contribution in [0.3, 0.4) is 0 Å². The summed E-state index contributed by atoms with van der Waals surface area (Å²) in [7, 11) is -3.73. The minimum absolute atomic E-state index is 0.0666. The fraction of sp³-hybridized carbons (Fsp3) is 0.308. The van der Waals surface area contributed by atoms with Crippen molar-refractivity contribution >= 4 is 42.6 Å². The first-order chi connectivity index (χ1) is 18.1. The van der Waals surface area contributed by atoms with Gasteiger partial charge < -0.3 is 4.42 Å². The lowest BCUT2D eigenvalue weighted by molar-refractivity contribution is -0.136. The zero-order chi connectivity index (χ0) is 27.1. The Bertz CT molecular complexity index is 1550. The number of thiazole rings is 1. The van der Waals surface area contributed by atoms with Crippen molar-refractivity contribution < 1.29 is 30.8 Å². The molecular weight excluding hydrogens is 539 g/mol. The predicted molar refractivity (Wildman–Crippen MR) is 137 cm³/mol. The molecule has 1 aliphatic heterocycles. The molecule has 38 heavy (non-hydrogen) atoms. The van der Waals surface area contributed by atoms with E-state index in [1.807, 2.05) is 6.92 Å². The van der Waals surface area contributed by atoms with E-state index in [1.165, 1.54) is 51.9 Å². The first-order valence-corrected chi connectivity index (χ1v) is 14.2. The number of furan rings is 1. The second-order valence-corrected chi connectivity index (χ2v) is 12.0. The van der Waals surface area contributed by atoms with Gasteiger partial charge in [0.2, 0.25) is 10.0 Å². The van der Waals surface area contributed by atoms with E-state index < -0.39 is 27.7 Å². The van der Waals surface area contributed by atoms with Gasteiger partial charge in [0.25, 0.3) is 5.91 Å². The Morgan fingerprint density at radius 3 is 2.55 bits per heavy atom. The number of para-hydroxylation sites is 1. The number of alkyl halides is 3. The molecule has 3 heterocycles. The lowest BCUT2D eigenvalue weighted by Crippen LogP contribution is -2.41. The molecule has 4 aromatic rings. The van der Waals surface area contributed by atoms with Gasteiger partial charge in [0, 0.05) is 18.2 Å². The summed E-state index contributed by atoms with van der Waals surface area (Å²) in [5, 5.41) is 0.0666. The summed E-state index contributed by atoms with van der Waals surface area (Å²) in [6.45, 7) is 2.25. The standard InChI is InChI=1S/C26H24F3N3O4S2/c1-17-6-2-3-14-32(17)38(34,35)20-12-10-18(11-13-20)24(33)31(16-19-7-5-15-36-19)25-30-23-21(26(27,28)29)8-4-9-22(23)37-25/h4-5,7-13,15,17H,2-3,6,14,16H2,1H3. The second-order valence-electron chi connectivity index (χ2n) is 9.10. The minimum Gasteiger partial charge on any atom is -0.467 e. The van der Waals surface area contributed by atoms with E-state index in [1.54, 1.807) is 12.1 Å². The SMILES string of the molecule is CC1CCCCN1S(=O)(=O)c1ccc(C(=O)N(Cc2ccco2)c2nc3c(C(F)(F)F)cccc3s2)cc1. The van der Waals surface area contributed by atoms with Crippen molar-refractivity contribution in [1.29, 1.82) is 0 Å². The van der Waals surface area contributed by atoms with Crippen molar-refractivity contribution in [3.05, 3.63) is 77.7 Å². The molecule has 0 saturated carbocycles. The normalized spacial score (nSPS) is 17.1. The van der Waals surface area contributed by atoms with Gasteiger partial charge in [-0.05, 0) is 68.3 Å². The van der Waals surface area contributed by atoms with Crippen LogP contribution < -0.4 is 4.90 Å². The number of carbonyl (C=O) groups excluding carboxylic acids is 1. The monoisotopic (exact) mass is 563 g/mol. The minimum atomic E-state index is -4.60. The lowest BCUT2D eigenvalue weighted by atomic mass is 10.1. The van der Waals surface area contributed by atoms with Crippen molar-refractivity contribution in [3.63, 3.8) is 0 Å². The van der Waals surface area contributed by atoms with Crippen LogP contribution in [-0.2, 0) is 22.7 Å². The number of rotatable bonds is 6. The Morgan fingerprint density at radius 2 is 1.89 bits per heavy atom. The van der Waals surface area contributed by atoms with Crippen molar-refractivity contribution in [2.45, 2.75) is 49.8 Å². The van der Waals surface area contributed by atoms with E-state index in [0.717, 1.165) is 36.7 Å². The number of halogens is 3. The Hall–Kier alpha value is -3.22. The number of hydrogen-bond acceptors (Lipinski definition) is 6. The van der Waals surface area contributed by atoms with Crippen LogP contribution in [-0.4, -0.2) is 36.2 Å².